The third-order valence-corrected chi connectivity index (χ3v) is 6.88. The Morgan fingerprint density at radius 1 is 1.38 bits per heavy atom. The van der Waals surface area contributed by atoms with E-state index in [9.17, 15) is 12.8 Å². The minimum atomic E-state index is -3.94. The van der Waals surface area contributed by atoms with Crippen LogP contribution in [0.25, 0.3) is 0 Å². The molecule has 1 aromatic rings. The fourth-order valence-corrected chi connectivity index (χ4v) is 5.91. The zero-order chi connectivity index (χ0) is 15.5. The van der Waals surface area contributed by atoms with E-state index in [1.54, 1.807) is 0 Å². The fourth-order valence-electron chi connectivity index (χ4n) is 4.38. The second kappa shape index (κ2) is 4.49. The van der Waals surface area contributed by atoms with Crippen LogP contribution >= 0.6 is 0 Å². The van der Waals surface area contributed by atoms with Gasteiger partial charge < -0.3 is 0 Å². The zero-order valence-corrected chi connectivity index (χ0v) is 13.4. The van der Waals surface area contributed by atoms with Crippen molar-refractivity contribution in [2.75, 3.05) is 0 Å². The predicted octanol–water partition coefficient (Wildman–Crippen LogP) is 2.71. The molecule has 3 unspecified atom stereocenters. The van der Waals surface area contributed by atoms with Gasteiger partial charge in [0, 0.05) is 12.2 Å². The number of hydrogen-bond acceptors (Lipinski definition) is 3. The molecule has 2 saturated carbocycles. The minimum absolute atomic E-state index is 0.0491. The van der Waals surface area contributed by atoms with Crippen molar-refractivity contribution in [1.29, 1.82) is 0 Å². The highest BCUT2D eigenvalue weighted by molar-refractivity contribution is 7.89. The quantitative estimate of drug-likeness (QED) is 0.933. The van der Waals surface area contributed by atoms with E-state index in [-0.39, 0.29) is 16.9 Å². The SMILES string of the molecule is CC12CCC(C1)C(C)(C)C2NS(=O)(=O)c1ncccc1F. The Morgan fingerprint density at radius 2 is 2.10 bits per heavy atom. The number of nitrogens with one attached hydrogen (secondary N) is 1. The number of halogens is 1. The number of aromatic nitrogens is 1. The number of fused-ring (bicyclic) bond motifs is 2. The van der Waals surface area contributed by atoms with Gasteiger partial charge in [0.15, 0.2) is 5.82 Å². The molecule has 6 heteroatoms. The summed E-state index contributed by atoms with van der Waals surface area (Å²) in [6, 6.07) is 2.32. The van der Waals surface area contributed by atoms with Crippen LogP contribution in [0, 0.1) is 22.6 Å². The van der Waals surface area contributed by atoms with E-state index in [2.05, 4.69) is 30.5 Å². The average molecular weight is 312 g/mol. The summed E-state index contributed by atoms with van der Waals surface area (Å²) in [5, 5.41) is -0.507. The molecule has 0 radical (unpaired) electrons. The van der Waals surface area contributed by atoms with E-state index in [0.717, 1.165) is 25.3 Å². The van der Waals surface area contributed by atoms with Crippen molar-refractivity contribution < 1.29 is 12.8 Å². The number of nitrogens with zero attached hydrogens (tertiary/aromatic N) is 1. The second-order valence-electron chi connectivity index (χ2n) is 7.26. The van der Waals surface area contributed by atoms with Gasteiger partial charge in [-0.2, -0.15) is 0 Å². The highest BCUT2D eigenvalue weighted by Gasteiger charge is 2.60. The Morgan fingerprint density at radius 3 is 2.67 bits per heavy atom. The highest BCUT2D eigenvalue weighted by Crippen LogP contribution is 2.62. The molecular weight excluding hydrogens is 291 g/mol. The number of sulfonamides is 1. The first-order valence-corrected chi connectivity index (χ1v) is 8.78. The van der Waals surface area contributed by atoms with Crippen LogP contribution in [0.15, 0.2) is 23.4 Å². The Kier molecular flexibility index (Phi) is 3.19. The molecule has 116 valence electrons. The Bertz CT molecular complexity index is 669. The van der Waals surface area contributed by atoms with Crippen molar-refractivity contribution in [2.24, 2.45) is 16.7 Å². The number of pyridine rings is 1. The standard InChI is InChI=1S/C15H21FN2O2S/c1-14(2)10-6-7-15(3,9-10)13(14)18-21(19,20)12-11(16)5-4-8-17-12/h4-5,8,10,13,18H,6-7,9H2,1-3H3. The third-order valence-electron chi connectivity index (χ3n) is 5.52. The molecule has 0 spiro atoms. The van der Waals surface area contributed by atoms with E-state index < -0.39 is 20.9 Å². The summed E-state index contributed by atoms with van der Waals surface area (Å²) in [5.74, 6) is -0.292. The van der Waals surface area contributed by atoms with Gasteiger partial charge in [0.05, 0.1) is 0 Å². The van der Waals surface area contributed by atoms with Gasteiger partial charge in [0.25, 0.3) is 10.0 Å². The van der Waals surface area contributed by atoms with Gasteiger partial charge in [-0.25, -0.2) is 22.5 Å². The molecule has 2 bridgehead atoms. The molecular formula is C15H21FN2O2S. The molecule has 0 aromatic carbocycles. The third kappa shape index (κ3) is 2.19. The predicted molar refractivity (Wildman–Crippen MR) is 77.5 cm³/mol. The molecule has 2 aliphatic rings. The summed E-state index contributed by atoms with van der Waals surface area (Å²) in [7, 11) is -3.94. The van der Waals surface area contributed by atoms with Crippen LogP contribution in [0.4, 0.5) is 4.39 Å². The van der Waals surface area contributed by atoms with Gasteiger partial charge >= 0.3 is 0 Å². The first-order chi connectivity index (χ1) is 9.67. The van der Waals surface area contributed by atoms with Gasteiger partial charge in [-0.15, -0.1) is 0 Å². The molecule has 0 saturated heterocycles. The summed E-state index contributed by atoms with van der Waals surface area (Å²) in [5.41, 5.74) is -0.169. The molecule has 0 aliphatic heterocycles. The van der Waals surface area contributed by atoms with Gasteiger partial charge in [-0.05, 0) is 48.1 Å². The normalized spacial score (nSPS) is 34.3. The lowest BCUT2D eigenvalue weighted by atomic mass is 9.69. The van der Waals surface area contributed by atoms with Gasteiger partial charge in [-0.1, -0.05) is 20.8 Å². The van der Waals surface area contributed by atoms with Gasteiger partial charge in [0.1, 0.15) is 0 Å². The van der Waals surface area contributed by atoms with Gasteiger partial charge in [-0.3, -0.25) is 0 Å². The summed E-state index contributed by atoms with van der Waals surface area (Å²) in [4.78, 5) is 3.70. The topological polar surface area (TPSA) is 59.1 Å². The van der Waals surface area contributed by atoms with Crippen molar-refractivity contribution in [2.45, 2.75) is 51.1 Å². The first-order valence-electron chi connectivity index (χ1n) is 7.30. The number of hydrogen-bond donors (Lipinski definition) is 1. The van der Waals surface area contributed by atoms with E-state index in [1.807, 2.05) is 0 Å². The maximum Gasteiger partial charge on any atom is 0.261 e. The highest BCUT2D eigenvalue weighted by atomic mass is 32.2. The lowest BCUT2D eigenvalue weighted by Crippen LogP contribution is -2.52. The van der Waals surface area contributed by atoms with Crippen molar-refractivity contribution >= 4 is 10.0 Å². The molecule has 0 amide bonds. The molecule has 3 rings (SSSR count). The van der Waals surface area contributed by atoms with Crippen molar-refractivity contribution in [3.8, 4) is 0 Å². The van der Waals surface area contributed by atoms with Crippen molar-refractivity contribution in [3.63, 3.8) is 0 Å². The largest absolute Gasteiger partial charge is 0.261 e. The van der Waals surface area contributed by atoms with Crippen LogP contribution < -0.4 is 4.72 Å². The van der Waals surface area contributed by atoms with Crippen LogP contribution in [-0.4, -0.2) is 19.4 Å². The maximum atomic E-state index is 13.8. The monoisotopic (exact) mass is 312 g/mol. The lowest BCUT2D eigenvalue weighted by Gasteiger charge is -2.42. The van der Waals surface area contributed by atoms with Crippen molar-refractivity contribution in [3.05, 3.63) is 24.1 Å². The van der Waals surface area contributed by atoms with Gasteiger partial charge in [0.2, 0.25) is 5.03 Å². The van der Waals surface area contributed by atoms with Crippen molar-refractivity contribution in [1.82, 2.24) is 9.71 Å². The molecule has 3 atom stereocenters. The Hall–Kier alpha value is -1.01. The molecule has 21 heavy (non-hydrogen) atoms. The summed E-state index contributed by atoms with van der Waals surface area (Å²) in [6.45, 7) is 6.33. The van der Waals surface area contributed by atoms with E-state index in [0.29, 0.717) is 5.92 Å². The Labute approximate surface area is 125 Å². The number of rotatable bonds is 3. The van der Waals surface area contributed by atoms with Crippen LogP contribution in [0.5, 0.6) is 0 Å². The van der Waals surface area contributed by atoms with E-state index >= 15 is 0 Å². The smallest absolute Gasteiger partial charge is 0.241 e. The molecule has 2 fully saturated rings. The Balaban J connectivity index is 1.95. The maximum absolute atomic E-state index is 13.8. The molecule has 1 heterocycles. The molecule has 1 aromatic heterocycles. The zero-order valence-electron chi connectivity index (χ0n) is 12.6. The van der Waals surface area contributed by atoms with Crippen LogP contribution in [0.2, 0.25) is 0 Å². The minimum Gasteiger partial charge on any atom is -0.241 e. The van der Waals surface area contributed by atoms with E-state index in [4.69, 9.17) is 0 Å². The van der Waals surface area contributed by atoms with Crippen LogP contribution in [-0.2, 0) is 10.0 Å². The molecule has 1 N–H and O–H groups in total. The summed E-state index contributed by atoms with van der Waals surface area (Å²) >= 11 is 0. The first kappa shape index (κ1) is 14.9. The molecule has 4 nitrogen and oxygen atoms in total. The summed E-state index contributed by atoms with van der Waals surface area (Å²) < 4.78 is 41.5. The lowest BCUT2D eigenvalue weighted by molar-refractivity contribution is 0.127. The summed E-state index contributed by atoms with van der Waals surface area (Å²) in [6.07, 6.45) is 4.47. The fraction of sp³-hybridized carbons (Fsp3) is 0.667. The average Bonchev–Trinajstić information content (AvgIpc) is 2.86. The van der Waals surface area contributed by atoms with E-state index in [1.165, 1.54) is 12.3 Å². The molecule has 2 aliphatic carbocycles. The van der Waals surface area contributed by atoms with Crippen LogP contribution in [0.1, 0.15) is 40.0 Å². The second-order valence-corrected chi connectivity index (χ2v) is 8.89. The van der Waals surface area contributed by atoms with Crippen LogP contribution in [0.3, 0.4) is 0 Å².